The van der Waals surface area contributed by atoms with Crippen molar-refractivity contribution in [2.45, 2.75) is 6.92 Å². The fraction of sp³-hybridized carbons (Fsp3) is 0.105. The van der Waals surface area contributed by atoms with E-state index in [1.54, 1.807) is 17.2 Å². The number of aromatic nitrogens is 3. The monoisotopic (exact) mass is 393 g/mol. The van der Waals surface area contributed by atoms with Crippen LogP contribution in [0.25, 0.3) is 17.0 Å². The quantitative estimate of drug-likeness (QED) is 0.491. The van der Waals surface area contributed by atoms with Gasteiger partial charge in [0.05, 0.1) is 10.4 Å². The Kier molecular flexibility index (Phi) is 4.83. The molecular formula is C19H15N5OS2. The predicted molar refractivity (Wildman–Crippen MR) is 111 cm³/mol. The van der Waals surface area contributed by atoms with Gasteiger partial charge in [0.15, 0.2) is 5.17 Å². The first-order valence-electron chi connectivity index (χ1n) is 8.20. The van der Waals surface area contributed by atoms with Crippen molar-refractivity contribution in [2.75, 3.05) is 6.54 Å². The van der Waals surface area contributed by atoms with Gasteiger partial charge in [0.1, 0.15) is 5.01 Å². The Bertz CT molecular complexity index is 1100. The molecule has 1 saturated heterocycles. The van der Waals surface area contributed by atoms with Gasteiger partial charge in [-0.15, -0.1) is 16.8 Å². The van der Waals surface area contributed by atoms with Crippen molar-refractivity contribution in [3.05, 3.63) is 64.7 Å². The minimum absolute atomic E-state index is 0.0965. The van der Waals surface area contributed by atoms with Crippen LogP contribution in [-0.2, 0) is 4.79 Å². The maximum absolute atomic E-state index is 12.9. The molecule has 1 aliphatic heterocycles. The van der Waals surface area contributed by atoms with E-state index in [4.69, 9.17) is 0 Å². The molecule has 0 bridgehead atoms. The number of pyridine rings is 1. The Labute approximate surface area is 164 Å². The van der Waals surface area contributed by atoms with E-state index < -0.39 is 0 Å². The number of para-hydroxylation sites is 1. The van der Waals surface area contributed by atoms with Gasteiger partial charge < -0.3 is 0 Å². The standard InChI is InChI=1S/C19H15N5OS2/c1-3-10-24-17(25)16(27-19(24)21-18-23-22-12(2)26-18)11-13-8-9-20-15-7-5-4-6-14(13)15/h3-9,11H,1,10H2,2H3/b16-11-,21-19?. The van der Waals surface area contributed by atoms with Crippen LogP contribution in [0, 0.1) is 6.92 Å². The average molecular weight is 393 g/mol. The number of carbonyl (C=O) groups is 1. The van der Waals surface area contributed by atoms with Gasteiger partial charge >= 0.3 is 0 Å². The van der Waals surface area contributed by atoms with Gasteiger partial charge in [-0.2, -0.15) is 4.99 Å². The molecule has 6 nitrogen and oxygen atoms in total. The van der Waals surface area contributed by atoms with E-state index in [-0.39, 0.29) is 5.91 Å². The Morgan fingerprint density at radius 3 is 2.89 bits per heavy atom. The first kappa shape index (κ1) is 17.6. The molecular weight excluding hydrogens is 378 g/mol. The summed E-state index contributed by atoms with van der Waals surface area (Å²) in [7, 11) is 0. The van der Waals surface area contributed by atoms with Crippen LogP contribution in [-0.4, -0.2) is 37.7 Å². The van der Waals surface area contributed by atoms with Crippen molar-refractivity contribution >= 4 is 56.3 Å². The third-order valence-corrected chi connectivity index (χ3v) is 5.61. The second-order valence-corrected chi connectivity index (χ2v) is 7.90. The summed E-state index contributed by atoms with van der Waals surface area (Å²) in [6.07, 6.45) is 5.32. The van der Waals surface area contributed by atoms with Crippen LogP contribution in [0.2, 0.25) is 0 Å². The largest absolute Gasteiger partial charge is 0.282 e. The highest BCUT2D eigenvalue weighted by Crippen LogP contribution is 2.35. The number of rotatable bonds is 4. The number of amides is 1. The van der Waals surface area contributed by atoms with E-state index in [2.05, 4.69) is 26.8 Å². The summed E-state index contributed by atoms with van der Waals surface area (Å²) in [4.78, 5) is 24.0. The summed E-state index contributed by atoms with van der Waals surface area (Å²) in [5, 5.41) is 11.0. The number of thioether (sulfide) groups is 1. The maximum atomic E-state index is 12.9. The second kappa shape index (κ2) is 7.42. The molecule has 27 heavy (non-hydrogen) atoms. The number of amidine groups is 1. The van der Waals surface area contributed by atoms with Gasteiger partial charge in [0.2, 0.25) is 5.13 Å². The van der Waals surface area contributed by atoms with Crippen LogP contribution in [0.5, 0.6) is 0 Å². The van der Waals surface area contributed by atoms with Gasteiger partial charge in [-0.1, -0.05) is 35.6 Å². The maximum Gasteiger partial charge on any atom is 0.267 e. The fourth-order valence-corrected chi connectivity index (χ4v) is 4.28. The van der Waals surface area contributed by atoms with Crippen LogP contribution < -0.4 is 0 Å². The molecule has 8 heteroatoms. The Hall–Kier alpha value is -2.84. The lowest BCUT2D eigenvalue weighted by atomic mass is 10.1. The highest BCUT2D eigenvalue weighted by molar-refractivity contribution is 8.18. The predicted octanol–water partition coefficient (Wildman–Crippen LogP) is 4.18. The van der Waals surface area contributed by atoms with E-state index in [0.29, 0.717) is 21.7 Å². The van der Waals surface area contributed by atoms with Crippen molar-refractivity contribution in [1.29, 1.82) is 0 Å². The number of nitrogens with zero attached hydrogens (tertiary/aromatic N) is 5. The average Bonchev–Trinajstić information content (AvgIpc) is 3.21. The molecule has 0 saturated carbocycles. The highest BCUT2D eigenvalue weighted by Gasteiger charge is 2.33. The molecule has 0 aliphatic carbocycles. The molecule has 4 rings (SSSR count). The summed E-state index contributed by atoms with van der Waals surface area (Å²) in [6.45, 7) is 6.00. The molecule has 0 radical (unpaired) electrons. The molecule has 1 aliphatic rings. The highest BCUT2D eigenvalue weighted by atomic mass is 32.2. The summed E-state index contributed by atoms with van der Waals surface area (Å²) in [5.41, 5.74) is 1.84. The van der Waals surface area contributed by atoms with Crippen molar-refractivity contribution in [1.82, 2.24) is 20.1 Å². The van der Waals surface area contributed by atoms with E-state index in [9.17, 15) is 4.79 Å². The van der Waals surface area contributed by atoms with Gasteiger partial charge in [-0.05, 0) is 42.5 Å². The molecule has 134 valence electrons. The van der Waals surface area contributed by atoms with Crippen LogP contribution in [0.1, 0.15) is 10.6 Å². The lowest BCUT2D eigenvalue weighted by Gasteiger charge is -2.11. The summed E-state index contributed by atoms with van der Waals surface area (Å²) in [5.74, 6) is -0.0965. The van der Waals surface area contributed by atoms with Crippen LogP contribution in [0.15, 0.2) is 59.1 Å². The van der Waals surface area contributed by atoms with Gasteiger partial charge in [-0.3, -0.25) is 14.7 Å². The number of hydrogen-bond donors (Lipinski definition) is 0. The van der Waals surface area contributed by atoms with Gasteiger partial charge in [0, 0.05) is 18.1 Å². The first-order valence-corrected chi connectivity index (χ1v) is 9.84. The Morgan fingerprint density at radius 2 is 2.11 bits per heavy atom. The number of benzene rings is 1. The van der Waals surface area contributed by atoms with Gasteiger partial charge in [0.25, 0.3) is 5.91 Å². The van der Waals surface area contributed by atoms with Crippen LogP contribution in [0.4, 0.5) is 5.13 Å². The SMILES string of the molecule is C=CCN1C(=O)/C(=C/c2ccnc3ccccc23)SC1=Nc1nnc(C)s1. The molecule has 2 aromatic heterocycles. The van der Waals surface area contributed by atoms with Crippen LogP contribution >= 0.6 is 23.1 Å². The zero-order chi connectivity index (χ0) is 18.8. The van der Waals surface area contributed by atoms with Crippen molar-refractivity contribution in [3.63, 3.8) is 0 Å². The Balaban J connectivity index is 1.75. The molecule has 3 heterocycles. The molecule has 0 spiro atoms. The third-order valence-electron chi connectivity index (χ3n) is 3.88. The number of fused-ring (bicyclic) bond motifs is 1. The molecule has 1 aromatic carbocycles. The van der Waals surface area contributed by atoms with Crippen molar-refractivity contribution < 1.29 is 4.79 Å². The van der Waals surface area contributed by atoms with Crippen molar-refractivity contribution in [3.8, 4) is 0 Å². The zero-order valence-electron chi connectivity index (χ0n) is 14.5. The smallest absolute Gasteiger partial charge is 0.267 e. The van der Waals surface area contributed by atoms with E-state index in [1.165, 1.54) is 23.1 Å². The molecule has 3 aromatic rings. The molecule has 1 fully saturated rings. The van der Waals surface area contributed by atoms with E-state index in [1.807, 2.05) is 43.3 Å². The van der Waals surface area contributed by atoms with E-state index in [0.717, 1.165) is 21.5 Å². The minimum Gasteiger partial charge on any atom is -0.282 e. The van der Waals surface area contributed by atoms with E-state index >= 15 is 0 Å². The number of hydrogen-bond acceptors (Lipinski definition) is 7. The second-order valence-electron chi connectivity index (χ2n) is 5.73. The Morgan fingerprint density at radius 1 is 1.26 bits per heavy atom. The summed E-state index contributed by atoms with van der Waals surface area (Å²) in [6, 6.07) is 9.77. The lowest BCUT2D eigenvalue weighted by molar-refractivity contribution is -0.121. The first-order chi connectivity index (χ1) is 13.2. The minimum atomic E-state index is -0.0965. The van der Waals surface area contributed by atoms with Crippen LogP contribution in [0.3, 0.4) is 0 Å². The summed E-state index contributed by atoms with van der Waals surface area (Å²) >= 11 is 2.72. The van der Waals surface area contributed by atoms with Crippen molar-refractivity contribution in [2.24, 2.45) is 4.99 Å². The number of aryl methyl sites for hydroxylation is 1. The zero-order valence-corrected chi connectivity index (χ0v) is 16.1. The van der Waals surface area contributed by atoms with Gasteiger partial charge in [-0.25, -0.2) is 0 Å². The number of aliphatic imine (C=N–C) groups is 1. The summed E-state index contributed by atoms with van der Waals surface area (Å²) < 4.78 is 0. The normalized spacial score (nSPS) is 17.4. The lowest BCUT2D eigenvalue weighted by Crippen LogP contribution is -2.29. The molecule has 0 N–H and O–H groups in total. The molecule has 1 amide bonds. The number of carbonyl (C=O) groups excluding carboxylic acids is 1. The topological polar surface area (TPSA) is 71.3 Å². The fourth-order valence-electron chi connectivity index (χ4n) is 2.68. The molecule has 0 atom stereocenters. The third kappa shape index (κ3) is 3.54. The molecule has 0 unspecified atom stereocenters.